The number of aromatic amines is 1. The maximum absolute atomic E-state index is 11.2. The first-order valence-corrected chi connectivity index (χ1v) is 4.56. The number of nitrogens with one attached hydrogen (secondary N) is 1. The Hall–Kier alpha value is -1.64. The van der Waals surface area contributed by atoms with Gasteiger partial charge in [-0.25, -0.2) is 4.79 Å². The third-order valence-electron chi connectivity index (χ3n) is 1.89. The van der Waals surface area contributed by atoms with Crippen LogP contribution in [0.25, 0.3) is 0 Å². The fraction of sp³-hybridized carbons (Fsp3) is 0.500. The molecule has 8 heteroatoms. The summed E-state index contributed by atoms with van der Waals surface area (Å²) >= 11 is 0. The van der Waals surface area contributed by atoms with E-state index in [-0.39, 0.29) is 13.2 Å². The lowest BCUT2D eigenvalue weighted by Gasteiger charge is -2.12. The van der Waals surface area contributed by atoms with Crippen molar-refractivity contribution in [3.05, 3.63) is 33.1 Å². The Kier molecular flexibility index (Phi) is 3.04. The summed E-state index contributed by atoms with van der Waals surface area (Å²) in [5, 5.41) is 8.72. The van der Waals surface area contributed by atoms with Crippen LogP contribution in [0.5, 0.6) is 0 Å². The zero-order valence-corrected chi connectivity index (χ0v) is 8.16. The minimum atomic E-state index is -0.791. The van der Waals surface area contributed by atoms with Crippen LogP contribution in [-0.2, 0) is 9.47 Å². The van der Waals surface area contributed by atoms with Crippen LogP contribution >= 0.6 is 0 Å². The lowest BCUT2D eigenvalue weighted by atomic mass is 10.7. The standard InChI is InChI=1S/C8H10N2O6/c11-3-6-14-4-7(15-6)16-10-2-1-5(12)9-8(10)13/h1-2,6-7,11H,3-4H2,(H,9,12,13)/t6-,7+/m1/s1. The van der Waals surface area contributed by atoms with Crippen LogP contribution in [0.3, 0.4) is 0 Å². The summed E-state index contributed by atoms with van der Waals surface area (Å²) in [6, 6.07) is 1.14. The fourth-order valence-electron chi connectivity index (χ4n) is 1.20. The van der Waals surface area contributed by atoms with Crippen molar-refractivity contribution < 1.29 is 19.4 Å². The molecule has 1 fully saturated rings. The van der Waals surface area contributed by atoms with Crippen molar-refractivity contribution in [3.63, 3.8) is 0 Å². The van der Waals surface area contributed by atoms with Gasteiger partial charge in [0.2, 0.25) is 0 Å². The second kappa shape index (κ2) is 4.47. The quantitative estimate of drug-likeness (QED) is 0.603. The predicted octanol–water partition coefficient (Wildman–Crippen LogP) is -2.34. The molecule has 1 aromatic rings. The van der Waals surface area contributed by atoms with Gasteiger partial charge in [-0.15, -0.1) is 4.73 Å². The van der Waals surface area contributed by atoms with E-state index in [1.54, 1.807) is 0 Å². The van der Waals surface area contributed by atoms with E-state index in [0.717, 1.165) is 10.8 Å². The van der Waals surface area contributed by atoms with Crippen molar-refractivity contribution in [2.45, 2.75) is 12.6 Å². The Morgan fingerprint density at radius 2 is 2.44 bits per heavy atom. The molecule has 0 unspecified atom stereocenters. The maximum Gasteiger partial charge on any atom is 0.361 e. The molecular formula is C8H10N2O6. The summed E-state index contributed by atoms with van der Waals surface area (Å²) < 4.78 is 10.8. The molecule has 8 nitrogen and oxygen atoms in total. The van der Waals surface area contributed by atoms with E-state index in [1.807, 2.05) is 4.98 Å². The number of rotatable bonds is 3. The summed E-state index contributed by atoms with van der Waals surface area (Å²) in [6.45, 7) is -0.197. The van der Waals surface area contributed by atoms with Crippen LogP contribution in [0.1, 0.15) is 0 Å². The Balaban J connectivity index is 2.05. The molecule has 0 aromatic carbocycles. The zero-order chi connectivity index (χ0) is 11.5. The number of hydrogen-bond donors (Lipinski definition) is 2. The number of hydrogen-bond acceptors (Lipinski definition) is 6. The summed E-state index contributed by atoms with van der Waals surface area (Å²) in [4.78, 5) is 29.1. The molecule has 2 heterocycles. The second-order valence-electron chi connectivity index (χ2n) is 3.05. The molecule has 0 bridgehead atoms. The molecule has 0 saturated carbocycles. The van der Waals surface area contributed by atoms with Gasteiger partial charge in [0.05, 0.1) is 12.8 Å². The maximum atomic E-state index is 11.2. The molecular weight excluding hydrogens is 220 g/mol. The molecule has 0 amide bonds. The molecule has 88 valence electrons. The highest BCUT2D eigenvalue weighted by Crippen LogP contribution is 2.09. The molecule has 1 aliphatic heterocycles. The van der Waals surface area contributed by atoms with Crippen LogP contribution in [0.4, 0.5) is 0 Å². The van der Waals surface area contributed by atoms with Gasteiger partial charge in [-0.1, -0.05) is 0 Å². The predicted molar refractivity (Wildman–Crippen MR) is 49.6 cm³/mol. The highest BCUT2D eigenvalue weighted by Gasteiger charge is 2.27. The van der Waals surface area contributed by atoms with Crippen molar-refractivity contribution in [1.82, 2.24) is 9.71 Å². The average Bonchev–Trinajstić information content (AvgIpc) is 2.70. The molecule has 0 radical (unpaired) electrons. The van der Waals surface area contributed by atoms with Crippen LogP contribution < -0.4 is 16.1 Å². The van der Waals surface area contributed by atoms with Crippen LogP contribution in [0, 0.1) is 0 Å². The molecule has 2 rings (SSSR count). The van der Waals surface area contributed by atoms with Crippen LogP contribution in [0.15, 0.2) is 21.9 Å². The number of aliphatic hydroxyl groups excluding tert-OH is 1. The van der Waals surface area contributed by atoms with Crippen LogP contribution in [-0.4, -0.2) is 40.6 Å². The number of ether oxygens (including phenoxy) is 2. The van der Waals surface area contributed by atoms with Gasteiger partial charge >= 0.3 is 5.69 Å². The van der Waals surface area contributed by atoms with E-state index in [1.165, 1.54) is 6.20 Å². The fourth-order valence-corrected chi connectivity index (χ4v) is 1.20. The minimum Gasteiger partial charge on any atom is -0.391 e. The largest absolute Gasteiger partial charge is 0.391 e. The molecule has 1 aromatic heterocycles. The Labute approximate surface area is 88.9 Å². The SMILES string of the molecule is O=c1ccn(O[C@H]2CO[C@@H](CO)O2)c(=O)[nH]1. The lowest BCUT2D eigenvalue weighted by Crippen LogP contribution is -2.38. The molecule has 1 aliphatic rings. The second-order valence-corrected chi connectivity index (χ2v) is 3.05. The summed E-state index contributed by atoms with van der Waals surface area (Å²) in [6.07, 6.45) is -0.360. The third kappa shape index (κ3) is 2.30. The monoisotopic (exact) mass is 230 g/mol. The third-order valence-corrected chi connectivity index (χ3v) is 1.89. The minimum absolute atomic E-state index is 0.0940. The molecule has 0 spiro atoms. The van der Waals surface area contributed by atoms with Gasteiger partial charge in [0.1, 0.15) is 6.61 Å². The van der Waals surface area contributed by atoms with Crippen LogP contribution in [0.2, 0.25) is 0 Å². The van der Waals surface area contributed by atoms with Crippen molar-refractivity contribution in [1.29, 1.82) is 0 Å². The Morgan fingerprint density at radius 3 is 3.06 bits per heavy atom. The first kappa shape index (κ1) is 10.9. The number of aromatic nitrogens is 2. The zero-order valence-electron chi connectivity index (χ0n) is 8.16. The van der Waals surface area contributed by atoms with E-state index in [0.29, 0.717) is 0 Å². The lowest BCUT2D eigenvalue weighted by molar-refractivity contribution is -0.159. The summed E-state index contributed by atoms with van der Waals surface area (Å²) in [5.74, 6) is 0. The number of nitrogens with zero attached hydrogens (tertiary/aromatic N) is 1. The van der Waals surface area contributed by atoms with Gasteiger partial charge in [-0.2, -0.15) is 0 Å². The van der Waals surface area contributed by atoms with E-state index in [9.17, 15) is 9.59 Å². The van der Waals surface area contributed by atoms with Gasteiger partial charge in [0.15, 0.2) is 6.29 Å². The molecule has 16 heavy (non-hydrogen) atoms. The summed E-state index contributed by atoms with van der Waals surface area (Å²) in [5.41, 5.74) is -1.22. The van der Waals surface area contributed by atoms with Gasteiger partial charge in [0.25, 0.3) is 11.8 Å². The Bertz CT molecular complexity index is 466. The molecule has 2 N–H and O–H groups in total. The Morgan fingerprint density at radius 1 is 1.62 bits per heavy atom. The van der Waals surface area contributed by atoms with Crippen molar-refractivity contribution >= 4 is 0 Å². The van der Waals surface area contributed by atoms with E-state index < -0.39 is 23.8 Å². The van der Waals surface area contributed by atoms with Crippen molar-refractivity contribution in [2.75, 3.05) is 13.2 Å². The average molecular weight is 230 g/mol. The van der Waals surface area contributed by atoms with Gasteiger partial charge in [-0.05, 0) is 0 Å². The number of H-pyrrole nitrogens is 1. The number of aliphatic hydroxyl groups is 1. The smallest absolute Gasteiger partial charge is 0.361 e. The topological polar surface area (TPSA) is 103 Å². The van der Waals surface area contributed by atoms with E-state index >= 15 is 0 Å². The van der Waals surface area contributed by atoms with Crippen molar-refractivity contribution in [2.24, 2.45) is 0 Å². The van der Waals surface area contributed by atoms with Gasteiger partial charge in [0, 0.05) is 6.07 Å². The molecule has 1 saturated heterocycles. The van der Waals surface area contributed by atoms with E-state index in [2.05, 4.69) is 0 Å². The molecule has 0 aliphatic carbocycles. The highest BCUT2D eigenvalue weighted by atomic mass is 16.9. The summed E-state index contributed by atoms with van der Waals surface area (Å²) in [7, 11) is 0. The molecule has 2 atom stereocenters. The first-order valence-electron chi connectivity index (χ1n) is 4.56. The highest BCUT2D eigenvalue weighted by molar-refractivity contribution is 4.80. The van der Waals surface area contributed by atoms with Gasteiger partial charge in [-0.3, -0.25) is 9.78 Å². The van der Waals surface area contributed by atoms with Crippen molar-refractivity contribution in [3.8, 4) is 0 Å². The first-order chi connectivity index (χ1) is 7.69. The normalized spacial score (nSPS) is 24.6. The van der Waals surface area contributed by atoms with Gasteiger partial charge < -0.3 is 19.4 Å². The van der Waals surface area contributed by atoms with E-state index in [4.69, 9.17) is 19.4 Å².